The van der Waals surface area contributed by atoms with Crippen molar-refractivity contribution < 1.29 is 0 Å². The third kappa shape index (κ3) is 3.64. The van der Waals surface area contributed by atoms with Crippen LogP contribution in [0.3, 0.4) is 0 Å². The maximum absolute atomic E-state index is 3.29. The monoisotopic (exact) mass is 187 g/mol. The van der Waals surface area contributed by atoms with Gasteiger partial charge in [-0.2, -0.15) is 0 Å². The van der Waals surface area contributed by atoms with Crippen LogP contribution in [-0.2, 0) is 6.42 Å². The van der Waals surface area contributed by atoms with E-state index in [2.05, 4.69) is 48.3 Å². The molecule has 0 radical (unpaired) electrons. The average molecular weight is 187 g/mol. The summed E-state index contributed by atoms with van der Waals surface area (Å²) in [5.41, 5.74) is 2.79. The summed E-state index contributed by atoms with van der Waals surface area (Å²) in [4.78, 5) is 0. The summed E-state index contributed by atoms with van der Waals surface area (Å²) in [5.74, 6) is 5.85. The van der Waals surface area contributed by atoms with Crippen LogP contribution in [0.15, 0.2) is 24.3 Å². The first kappa shape index (κ1) is 10.8. The number of benzene rings is 1. The second-order valence-electron chi connectivity index (χ2n) is 3.28. The summed E-state index contributed by atoms with van der Waals surface area (Å²) in [6, 6.07) is 8.51. The zero-order chi connectivity index (χ0) is 10.2. The maximum Gasteiger partial charge on any atom is 0.0576 e. The first-order valence-corrected chi connectivity index (χ1v) is 4.99. The Bertz CT molecular complexity index is 331. The van der Waals surface area contributed by atoms with Crippen LogP contribution in [0.25, 0.3) is 0 Å². The lowest BCUT2D eigenvalue weighted by atomic mass is 10.1. The van der Waals surface area contributed by atoms with E-state index in [1.54, 1.807) is 0 Å². The maximum atomic E-state index is 3.29. The van der Waals surface area contributed by atoms with Crippen molar-refractivity contribution in [2.24, 2.45) is 0 Å². The van der Waals surface area contributed by atoms with Gasteiger partial charge < -0.3 is 5.32 Å². The number of hydrogen-bond acceptors (Lipinski definition) is 1. The second kappa shape index (κ2) is 6.23. The molecule has 74 valence electrons. The Kier molecular flexibility index (Phi) is 4.82. The van der Waals surface area contributed by atoms with E-state index in [4.69, 9.17) is 0 Å². The van der Waals surface area contributed by atoms with E-state index >= 15 is 0 Å². The fourth-order valence-electron chi connectivity index (χ4n) is 1.35. The molecule has 0 aliphatic heterocycles. The Hall–Kier alpha value is -1.26. The Morgan fingerprint density at radius 3 is 2.79 bits per heavy atom. The fraction of sp³-hybridized carbons (Fsp3) is 0.385. The van der Waals surface area contributed by atoms with Gasteiger partial charge in [-0.1, -0.05) is 30.2 Å². The van der Waals surface area contributed by atoms with Crippen LogP contribution < -0.4 is 5.32 Å². The van der Waals surface area contributed by atoms with E-state index in [0.717, 1.165) is 19.5 Å². The molecular weight excluding hydrogens is 170 g/mol. The van der Waals surface area contributed by atoms with Gasteiger partial charge in [0.15, 0.2) is 0 Å². The van der Waals surface area contributed by atoms with Crippen LogP contribution in [-0.4, -0.2) is 13.1 Å². The predicted octanol–water partition coefficient (Wildman–Crippen LogP) is 2.15. The van der Waals surface area contributed by atoms with Gasteiger partial charge in [0, 0.05) is 6.54 Å². The number of rotatable bonds is 4. The van der Waals surface area contributed by atoms with Crippen LogP contribution in [0.2, 0.25) is 0 Å². The lowest BCUT2D eigenvalue weighted by Crippen LogP contribution is -2.17. The second-order valence-corrected chi connectivity index (χ2v) is 3.28. The minimum Gasteiger partial charge on any atom is -0.306 e. The van der Waals surface area contributed by atoms with Gasteiger partial charge >= 0.3 is 0 Å². The topological polar surface area (TPSA) is 12.0 Å². The molecule has 0 aliphatic rings. The minimum atomic E-state index is 0.794. The molecule has 0 bridgehead atoms. The SMILES string of the molecule is CC#CCNCCc1ccccc1C. The minimum absolute atomic E-state index is 0.794. The molecule has 0 spiro atoms. The standard InChI is InChI=1S/C13H17N/c1-3-4-10-14-11-9-13-8-6-5-7-12(13)2/h5-8,14H,9-11H2,1-2H3. The molecule has 0 amide bonds. The molecule has 1 nitrogen and oxygen atoms in total. The van der Waals surface area contributed by atoms with Crippen LogP contribution in [0.1, 0.15) is 18.1 Å². The first-order valence-electron chi connectivity index (χ1n) is 4.99. The van der Waals surface area contributed by atoms with Gasteiger partial charge in [-0.05, 0) is 31.4 Å². The van der Waals surface area contributed by atoms with Crippen molar-refractivity contribution in [2.75, 3.05) is 13.1 Å². The molecule has 14 heavy (non-hydrogen) atoms. The van der Waals surface area contributed by atoms with Gasteiger partial charge in [-0.3, -0.25) is 0 Å². The largest absolute Gasteiger partial charge is 0.306 e. The molecular formula is C13H17N. The van der Waals surface area contributed by atoms with Crippen molar-refractivity contribution in [3.05, 3.63) is 35.4 Å². The van der Waals surface area contributed by atoms with Crippen molar-refractivity contribution >= 4 is 0 Å². The molecule has 0 aliphatic carbocycles. The molecule has 0 atom stereocenters. The highest BCUT2D eigenvalue weighted by molar-refractivity contribution is 5.25. The summed E-state index contributed by atoms with van der Waals surface area (Å²) in [6.45, 7) is 5.81. The van der Waals surface area contributed by atoms with Crippen molar-refractivity contribution in [3.63, 3.8) is 0 Å². The zero-order valence-corrected chi connectivity index (χ0v) is 8.93. The van der Waals surface area contributed by atoms with Crippen LogP contribution in [0.4, 0.5) is 0 Å². The van der Waals surface area contributed by atoms with Gasteiger partial charge in [-0.25, -0.2) is 0 Å². The first-order chi connectivity index (χ1) is 6.84. The predicted molar refractivity (Wildman–Crippen MR) is 61.2 cm³/mol. The molecule has 0 saturated carbocycles. The lowest BCUT2D eigenvalue weighted by Gasteiger charge is -2.04. The highest BCUT2D eigenvalue weighted by atomic mass is 14.8. The zero-order valence-electron chi connectivity index (χ0n) is 8.93. The van der Waals surface area contributed by atoms with E-state index in [9.17, 15) is 0 Å². The number of hydrogen-bond donors (Lipinski definition) is 1. The third-order valence-corrected chi connectivity index (χ3v) is 2.22. The lowest BCUT2D eigenvalue weighted by molar-refractivity contribution is 0.750. The summed E-state index contributed by atoms with van der Waals surface area (Å²) >= 11 is 0. The quantitative estimate of drug-likeness (QED) is 0.562. The van der Waals surface area contributed by atoms with Crippen molar-refractivity contribution in [1.82, 2.24) is 5.32 Å². The Morgan fingerprint density at radius 1 is 1.29 bits per heavy atom. The molecule has 1 N–H and O–H groups in total. The Balaban J connectivity index is 2.30. The van der Waals surface area contributed by atoms with Crippen LogP contribution in [0, 0.1) is 18.8 Å². The number of nitrogens with one attached hydrogen (secondary N) is 1. The molecule has 1 heteroatoms. The molecule has 0 heterocycles. The van der Waals surface area contributed by atoms with Crippen molar-refractivity contribution in [2.45, 2.75) is 20.3 Å². The molecule has 1 aromatic carbocycles. The number of aryl methyl sites for hydroxylation is 1. The summed E-state index contributed by atoms with van der Waals surface area (Å²) in [7, 11) is 0. The Morgan fingerprint density at radius 2 is 2.07 bits per heavy atom. The Labute approximate surface area is 86.5 Å². The molecule has 1 aromatic rings. The molecule has 0 fully saturated rings. The smallest absolute Gasteiger partial charge is 0.0576 e. The molecule has 0 saturated heterocycles. The normalized spacial score (nSPS) is 9.29. The van der Waals surface area contributed by atoms with Gasteiger partial charge in [0.1, 0.15) is 0 Å². The molecule has 0 aromatic heterocycles. The van der Waals surface area contributed by atoms with E-state index in [0.29, 0.717) is 0 Å². The van der Waals surface area contributed by atoms with Gasteiger partial charge in [0.25, 0.3) is 0 Å². The van der Waals surface area contributed by atoms with Gasteiger partial charge in [0.2, 0.25) is 0 Å². The van der Waals surface area contributed by atoms with Crippen LogP contribution in [0.5, 0.6) is 0 Å². The van der Waals surface area contributed by atoms with E-state index in [1.807, 2.05) is 6.92 Å². The average Bonchev–Trinajstić information content (AvgIpc) is 2.20. The summed E-state index contributed by atoms with van der Waals surface area (Å²) < 4.78 is 0. The highest BCUT2D eigenvalue weighted by Crippen LogP contribution is 2.06. The van der Waals surface area contributed by atoms with E-state index in [1.165, 1.54) is 11.1 Å². The van der Waals surface area contributed by atoms with Gasteiger partial charge in [0.05, 0.1) is 6.54 Å². The summed E-state index contributed by atoms with van der Waals surface area (Å²) in [5, 5.41) is 3.29. The third-order valence-electron chi connectivity index (χ3n) is 2.22. The highest BCUT2D eigenvalue weighted by Gasteiger charge is 1.94. The van der Waals surface area contributed by atoms with E-state index in [-0.39, 0.29) is 0 Å². The van der Waals surface area contributed by atoms with E-state index < -0.39 is 0 Å². The molecule has 1 rings (SSSR count). The fourth-order valence-corrected chi connectivity index (χ4v) is 1.35. The summed E-state index contributed by atoms with van der Waals surface area (Å²) in [6.07, 6.45) is 1.08. The van der Waals surface area contributed by atoms with Crippen molar-refractivity contribution in [3.8, 4) is 11.8 Å². The van der Waals surface area contributed by atoms with Gasteiger partial charge in [-0.15, -0.1) is 5.92 Å². The van der Waals surface area contributed by atoms with Crippen molar-refractivity contribution in [1.29, 1.82) is 0 Å². The molecule has 0 unspecified atom stereocenters. The van der Waals surface area contributed by atoms with Crippen LogP contribution >= 0.6 is 0 Å².